The molecule has 2 fully saturated rings. The van der Waals surface area contributed by atoms with Crippen molar-refractivity contribution in [2.75, 3.05) is 44.7 Å². The number of hydrogen-bond donors (Lipinski definition) is 1. The first-order chi connectivity index (χ1) is 16.4. The molecule has 2 amide bonds. The summed E-state index contributed by atoms with van der Waals surface area (Å²) in [5, 5.41) is 3.09. The van der Waals surface area contributed by atoms with E-state index in [1.54, 1.807) is 4.90 Å². The number of carbonyl (C=O) groups is 2. The lowest BCUT2D eigenvalue weighted by Crippen LogP contribution is -2.43. The lowest BCUT2D eigenvalue weighted by molar-refractivity contribution is -0.128. The summed E-state index contributed by atoms with van der Waals surface area (Å²) in [6.45, 7) is 10.5. The highest BCUT2D eigenvalue weighted by molar-refractivity contribution is 8.15. The monoisotopic (exact) mass is 480 g/mol. The van der Waals surface area contributed by atoms with Gasteiger partial charge in [0.2, 0.25) is 11.8 Å². The maximum absolute atomic E-state index is 13.4. The van der Waals surface area contributed by atoms with E-state index >= 15 is 0 Å². The van der Waals surface area contributed by atoms with Crippen LogP contribution in [0.4, 0.5) is 11.4 Å². The van der Waals surface area contributed by atoms with Gasteiger partial charge in [0.05, 0.1) is 18.9 Å². The minimum atomic E-state index is -0.486. The first kappa shape index (κ1) is 24.4. The molecule has 2 aromatic rings. The van der Waals surface area contributed by atoms with E-state index in [9.17, 15) is 9.59 Å². The van der Waals surface area contributed by atoms with Crippen molar-refractivity contribution in [3.8, 4) is 0 Å². The number of morpholine rings is 1. The number of hydrogen-bond acceptors (Lipinski definition) is 6. The fourth-order valence-electron chi connectivity index (χ4n) is 4.05. The largest absolute Gasteiger partial charge is 0.379 e. The van der Waals surface area contributed by atoms with E-state index in [-0.39, 0.29) is 18.2 Å². The van der Waals surface area contributed by atoms with Crippen LogP contribution in [0.25, 0.3) is 0 Å². The van der Waals surface area contributed by atoms with Gasteiger partial charge < -0.3 is 10.1 Å². The van der Waals surface area contributed by atoms with E-state index < -0.39 is 5.25 Å². The molecule has 8 heteroatoms. The van der Waals surface area contributed by atoms with Crippen molar-refractivity contribution in [2.45, 2.75) is 32.4 Å². The predicted molar refractivity (Wildman–Crippen MR) is 138 cm³/mol. The Hall–Kier alpha value is -2.68. The van der Waals surface area contributed by atoms with Crippen LogP contribution in [-0.2, 0) is 14.3 Å². The van der Waals surface area contributed by atoms with Crippen LogP contribution in [0.2, 0.25) is 0 Å². The number of thioether (sulfide) groups is 1. The molecule has 7 nitrogen and oxygen atoms in total. The number of benzene rings is 2. The third kappa shape index (κ3) is 6.25. The number of aliphatic imine (C=N–C) groups is 1. The highest BCUT2D eigenvalue weighted by Gasteiger charge is 2.39. The lowest BCUT2D eigenvalue weighted by atomic mass is 10.1. The molecule has 34 heavy (non-hydrogen) atoms. The summed E-state index contributed by atoms with van der Waals surface area (Å²) >= 11 is 1.38. The Morgan fingerprint density at radius 3 is 2.47 bits per heavy atom. The van der Waals surface area contributed by atoms with Gasteiger partial charge in [-0.1, -0.05) is 47.2 Å². The fraction of sp³-hybridized carbons (Fsp3) is 0.423. The number of rotatable bonds is 7. The van der Waals surface area contributed by atoms with Crippen molar-refractivity contribution < 1.29 is 14.3 Å². The molecule has 0 spiro atoms. The van der Waals surface area contributed by atoms with Gasteiger partial charge in [-0.25, -0.2) is 4.99 Å². The van der Waals surface area contributed by atoms with Crippen LogP contribution in [0.5, 0.6) is 0 Å². The summed E-state index contributed by atoms with van der Waals surface area (Å²) in [7, 11) is 0. The molecule has 0 aliphatic carbocycles. The zero-order valence-electron chi connectivity index (χ0n) is 20.0. The van der Waals surface area contributed by atoms with Crippen molar-refractivity contribution in [3.63, 3.8) is 0 Å². The average Bonchev–Trinajstić information content (AvgIpc) is 3.10. The second kappa shape index (κ2) is 11.2. The standard InChI is InChI=1S/C26H32N4O3S/c1-18-4-7-21(8-5-18)27-24(31)17-23-25(32)30(11-10-29-12-14-33-15-13-29)26(34-23)28-22-9-6-19(2)16-20(22)3/h4-9,16,23H,10-15,17H2,1-3H3,(H,27,31). The fourth-order valence-corrected chi connectivity index (χ4v) is 5.23. The van der Waals surface area contributed by atoms with Crippen LogP contribution < -0.4 is 5.32 Å². The minimum absolute atomic E-state index is 0.0548. The van der Waals surface area contributed by atoms with E-state index in [0.717, 1.165) is 42.1 Å². The summed E-state index contributed by atoms with van der Waals surface area (Å²) in [4.78, 5) is 35.0. The molecular weight excluding hydrogens is 448 g/mol. The summed E-state index contributed by atoms with van der Waals surface area (Å²) in [6.07, 6.45) is 0.108. The molecule has 2 aromatic carbocycles. The average molecular weight is 481 g/mol. The molecule has 2 aliphatic heterocycles. The molecule has 0 aromatic heterocycles. The summed E-state index contributed by atoms with van der Waals surface area (Å²) in [5.41, 5.74) is 4.95. The van der Waals surface area contributed by atoms with Gasteiger partial charge in [0.1, 0.15) is 5.25 Å². The normalized spacial score (nSPS) is 20.2. The number of aryl methyl sites for hydroxylation is 3. The summed E-state index contributed by atoms with van der Waals surface area (Å²) in [6, 6.07) is 13.8. The van der Waals surface area contributed by atoms with Crippen LogP contribution in [0, 0.1) is 20.8 Å². The number of anilines is 1. The third-order valence-corrected chi connectivity index (χ3v) is 7.21. The van der Waals surface area contributed by atoms with E-state index in [0.29, 0.717) is 24.9 Å². The number of amidine groups is 1. The zero-order valence-corrected chi connectivity index (χ0v) is 20.9. The number of nitrogens with one attached hydrogen (secondary N) is 1. The highest BCUT2D eigenvalue weighted by Crippen LogP contribution is 2.33. The van der Waals surface area contributed by atoms with E-state index in [4.69, 9.17) is 9.73 Å². The smallest absolute Gasteiger partial charge is 0.242 e. The molecule has 4 rings (SSSR count). The number of ether oxygens (including phenoxy) is 1. The first-order valence-electron chi connectivity index (χ1n) is 11.7. The molecule has 2 saturated heterocycles. The molecular formula is C26H32N4O3S. The van der Waals surface area contributed by atoms with Gasteiger partial charge in [0.15, 0.2) is 5.17 Å². The number of amides is 2. The van der Waals surface area contributed by atoms with Crippen molar-refractivity contribution in [1.29, 1.82) is 0 Å². The molecule has 0 radical (unpaired) electrons. The van der Waals surface area contributed by atoms with Gasteiger partial charge >= 0.3 is 0 Å². The van der Waals surface area contributed by atoms with Gasteiger partial charge in [-0.3, -0.25) is 19.4 Å². The number of nitrogens with zero attached hydrogens (tertiary/aromatic N) is 3. The molecule has 1 unspecified atom stereocenters. The van der Waals surface area contributed by atoms with Gasteiger partial charge in [0.25, 0.3) is 0 Å². The van der Waals surface area contributed by atoms with Crippen LogP contribution in [-0.4, -0.2) is 71.4 Å². The Labute approximate surface area is 205 Å². The SMILES string of the molecule is Cc1ccc(NC(=O)CC2SC(=Nc3ccc(C)cc3C)N(CCN3CCOCC3)C2=O)cc1. The predicted octanol–water partition coefficient (Wildman–Crippen LogP) is 3.90. The molecule has 0 bridgehead atoms. The summed E-state index contributed by atoms with van der Waals surface area (Å²) in [5.74, 6) is -0.226. The Balaban J connectivity index is 1.49. The van der Waals surface area contributed by atoms with Crippen molar-refractivity contribution in [2.24, 2.45) is 4.99 Å². The van der Waals surface area contributed by atoms with E-state index in [1.807, 2.05) is 50.2 Å². The van der Waals surface area contributed by atoms with Gasteiger partial charge in [-0.2, -0.15) is 0 Å². The first-order valence-corrected chi connectivity index (χ1v) is 12.6. The lowest BCUT2D eigenvalue weighted by Gasteiger charge is -2.28. The molecule has 1 atom stereocenters. The number of carbonyl (C=O) groups excluding carboxylic acids is 2. The minimum Gasteiger partial charge on any atom is -0.379 e. The highest BCUT2D eigenvalue weighted by atomic mass is 32.2. The van der Waals surface area contributed by atoms with E-state index in [2.05, 4.69) is 23.2 Å². The Bertz CT molecular complexity index is 1060. The van der Waals surface area contributed by atoms with Crippen molar-refractivity contribution in [1.82, 2.24) is 9.80 Å². The quantitative estimate of drug-likeness (QED) is 0.651. The van der Waals surface area contributed by atoms with Crippen LogP contribution in [0.1, 0.15) is 23.1 Å². The molecule has 0 saturated carbocycles. The molecule has 1 N–H and O–H groups in total. The summed E-state index contributed by atoms with van der Waals surface area (Å²) < 4.78 is 5.44. The van der Waals surface area contributed by atoms with Crippen molar-refractivity contribution in [3.05, 3.63) is 59.2 Å². The second-order valence-corrected chi connectivity index (χ2v) is 10.0. The molecule has 2 aliphatic rings. The van der Waals surface area contributed by atoms with Crippen LogP contribution in [0.3, 0.4) is 0 Å². The second-order valence-electron chi connectivity index (χ2n) is 8.85. The van der Waals surface area contributed by atoms with Gasteiger partial charge in [-0.05, 0) is 44.5 Å². The molecule has 180 valence electrons. The van der Waals surface area contributed by atoms with Gasteiger partial charge in [-0.15, -0.1) is 0 Å². The third-order valence-electron chi connectivity index (χ3n) is 6.04. The van der Waals surface area contributed by atoms with Crippen molar-refractivity contribution >= 4 is 40.1 Å². The van der Waals surface area contributed by atoms with Crippen LogP contribution in [0.15, 0.2) is 47.5 Å². The Kier molecular flexibility index (Phi) is 8.03. The Morgan fingerprint density at radius 1 is 1.06 bits per heavy atom. The molecule has 2 heterocycles. The maximum Gasteiger partial charge on any atom is 0.242 e. The Morgan fingerprint density at radius 2 is 1.76 bits per heavy atom. The zero-order chi connectivity index (χ0) is 24.1. The van der Waals surface area contributed by atoms with E-state index in [1.165, 1.54) is 17.3 Å². The maximum atomic E-state index is 13.4. The van der Waals surface area contributed by atoms with Gasteiger partial charge in [0, 0.05) is 38.3 Å². The topological polar surface area (TPSA) is 74.2 Å². The van der Waals surface area contributed by atoms with Crippen LogP contribution >= 0.6 is 11.8 Å².